The van der Waals surface area contributed by atoms with Gasteiger partial charge in [0.15, 0.2) is 0 Å². The van der Waals surface area contributed by atoms with E-state index in [1.54, 1.807) is 12.1 Å². The Balaban J connectivity index is 0.000000450. The summed E-state index contributed by atoms with van der Waals surface area (Å²) in [4.78, 5) is 43.9. The summed E-state index contributed by atoms with van der Waals surface area (Å²) in [6.07, 6.45) is 12.2. The Morgan fingerprint density at radius 2 is 0.889 bits per heavy atom. The van der Waals surface area contributed by atoms with Gasteiger partial charge in [-0.1, -0.05) is 89.0 Å². The fourth-order valence-electron chi connectivity index (χ4n) is 3.54. The number of hydrogen-bond donors (Lipinski definition) is 3. The highest BCUT2D eigenvalue weighted by Crippen LogP contribution is 2.13. The second kappa shape index (κ2) is 17.7. The normalized spacial score (nSPS) is 10.1. The van der Waals surface area contributed by atoms with Crippen LogP contribution in [0.3, 0.4) is 0 Å². The monoisotopic (exact) mass is 500 g/mol. The van der Waals surface area contributed by atoms with E-state index in [1.807, 2.05) is 0 Å². The van der Waals surface area contributed by atoms with Gasteiger partial charge >= 0.3 is 23.9 Å². The lowest BCUT2D eigenvalue weighted by Crippen LogP contribution is -2.12. The zero-order valence-electron chi connectivity index (χ0n) is 20.8. The van der Waals surface area contributed by atoms with Crippen molar-refractivity contribution in [2.75, 3.05) is 6.61 Å². The Morgan fingerprint density at radius 3 is 1.28 bits per heavy atom. The standard InChI is InChI=1S/C20H30O4.C8H6O4/c1-2-3-4-5-6-7-8-9-10-13-16-24-20(23)18-15-12-11-14-17(18)19(21)22;9-7(10)5-3-1-2-4-6(5)8(11)12/h11-12,14-15H,2-10,13,16H2,1H3,(H,21,22);1-4H,(H,9,10)(H,11,12). The summed E-state index contributed by atoms with van der Waals surface area (Å²) < 4.78 is 5.19. The summed E-state index contributed by atoms with van der Waals surface area (Å²) in [6, 6.07) is 11.6. The van der Waals surface area contributed by atoms with Crippen molar-refractivity contribution < 1.29 is 39.2 Å². The van der Waals surface area contributed by atoms with Gasteiger partial charge in [-0.2, -0.15) is 0 Å². The fraction of sp³-hybridized carbons (Fsp3) is 0.429. The lowest BCUT2D eigenvalue weighted by molar-refractivity contribution is 0.0487. The highest BCUT2D eigenvalue weighted by Gasteiger charge is 2.16. The Kier molecular flexibility index (Phi) is 14.9. The van der Waals surface area contributed by atoms with Gasteiger partial charge in [-0.3, -0.25) is 0 Å². The average molecular weight is 501 g/mol. The van der Waals surface area contributed by atoms with Crippen molar-refractivity contribution in [1.29, 1.82) is 0 Å². The Hall–Kier alpha value is -3.68. The molecule has 0 aliphatic rings. The maximum Gasteiger partial charge on any atom is 0.339 e. The minimum absolute atomic E-state index is 0.00873. The Bertz CT molecular complexity index is 950. The van der Waals surface area contributed by atoms with Crippen molar-refractivity contribution in [3.63, 3.8) is 0 Å². The van der Waals surface area contributed by atoms with Crippen molar-refractivity contribution in [2.24, 2.45) is 0 Å². The van der Waals surface area contributed by atoms with Crippen LogP contribution in [0.15, 0.2) is 48.5 Å². The summed E-state index contributed by atoms with van der Waals surface area (Å²) in [7, 11) is 0. The van der Waals surface area contributed by atoms with E-state index in [9.17, 15) is 19.2 Å². The molecule has 0 amide bonds. The molecule has 196 valence electrons. The van der Waals surface area contributed by atoms with E-state index in [0.717, 1.165) is 19.3 Å². The molecular formula is C28H36O8. The molecule has 2 aromatic carbocycles. The van der Waals surface area contributed by atoms with Crippen molar-refractivity contribution in [3.05, 3.63) is 70.8 Å². The third-order valence-electron chi connectivity index (χ3n) is 5.50. The summed E-state index contributed by atoms with van der Waals surface area (Å²) in [5, 5.41) is 26.2. The molecule has 36 heavy (non-hydrogen) atoms. The van der Waals surface area contributed by atoms with Gasteiger partial charge in [0, 0.05) is 0 Å². The first-order valence-electron chi connectivity index (χ1n) is 12.3. The molecule has 3 N–H and O–H groups in total. The largest absolute Gasteiger partial charge is 0.478 e. The second-order valence-corrected chi connectivity index (χ2v) is 8.32. The molecule has 0 aliphatic carbocycles. The molecule has 0 saturated heterocycles. The lowest BCUT2D eigenvalue weighted by Gasteiger charge is -2.07. The topological polar surface area (TPSA) is 138 Å². The summed E-state index contributed by atoms with van der Waals surface area (Å²) in [6.45, 7) is 2.58. The molecule has 0 radical (unpaired) electrons. The third-order valence-corrected chi connectivity index (χ3v) is 5.50. The Morgan fingerprint density at radius 1 is 0.556 bits per heavy atom. The predicted molar refractivity (Wildman–Crippen MR) is 136 cm³/mol. The average Bonchev–Trinajstić information content (AvgIpc) is 2.87. The molecule has 0 saturated carbocycles. The number of carboxylic acid groups (broad SMARTS) is 3. The lowest BCUT2D eigenvalue weighted by atomic mass is 10.1. The molecule has 0 bridgehead atoms. The fourth-order valence-corrected chi connectivity index (χ4v) is 3.54. The van der Waals surface area contributed by atoms with E-state index in [-0.39, 0.29) is 22.3 Å². The molecule has 0 unspecified atom stereocenters. The number of ether oxygens (including phenoxy) is 1. The van der Waals surface area contributed by atoms with Crippen LogP contribution in [0.5, 0.6) is 0 Å². The van der Waals surface area contributed by atoms with Crippen LogP contribution < -0.4 is 0 Å². The molecule has 0 heterocycles. The first kappa shape index (κ1) is 30.4. The first-order valence-corrected chi connectivity index (χ1v) is 12.3. The van der Waals surface area contributed by atoms with Crippen LogP contribution in [0.1, 0.15) is 113 Å². The number of carboxylic acids is 3. The maximum atomic E-state index is 11.9. The molecule has 2 rings (SSSR count). The van der Waals surface area contributed by atoms with Crippen LogP contribution in [-0.4, -0.2) is 45.8 Å². The van der Waals surface area contributed by atoms with Gasteiger partial charge in [-0.05, 0) is 30.7 Å². The van der Waals surface area contributed by atoms with Crippen LogP contribution in [-0.2, 0) is 4.74 Å². The van der Waals surface area contributed by atoms with Gasteiger partial charge in [0.2, 0.25) is 0 Å². The minimum atomic E-state index is -1.23. The number of aromatic carboxylic acids is 3. The molecule has 0 aliphatic heterocycles. The van der Waals surface area contributed by atoms with Gasteiger partial charge < -0.3 is 20.1 Å². The van der Waals surface area contributed by atoms with Crippen LogP contribution in [0.4, 0.5) is 0 Å². The predicted octanol–water partition coefficient (Wildman–Crippen LogP) is 6.55. The second-order valence-electron chi connectivity index (χ2n) is 8.32. The molecule has 0 spiro atoms. The zero-order chi connectivity index (χ0) is 26.8. The quantitative estimate of drug-likeness (QED) is 0.185. The maximum absolute atomic E-state index is 11.9. The van der Waals surface area contributed by atoms with Crippen LogP contribution in [0.2, 0.25) is 0 Å². The van der Waals surface area contributed by atoms with Crippen molar-refractivity contribution >= 4 is 23.9 Å². The smallest absolute Gasteiger partial charge is 0.339 e. The van der Waals surface area contributed by atoms with Crippen LogP contribution >= 0.6 is 0 Å². The van der Waals surface area contributed by atoms with E-state index < -0.39 is 23.9 Å². The number of rotatable bonds is 15. The third kappa shape index (κ3) is 11.6. The van der Waals surface area contributed by atoms with E-state index in [1.165, 1.54) is 81.3 Å². The van der Waals surface area contributed by atoms with Crippen LogP contribution in [0, 0.1) is 0 Å². The first-order chi connectivity index (χ1) is 17.3. The molecule has 0 atom stereocenters. The van der Waals surface area contributed by atoms with E-state index in [0.29, 0.717) is 6.61 Å². The molecule has 0 fully saturated rings. The number of esters is 1. The number of unbranched alkanes of at least 4 members (excludes halogenated alkanes) is 9. The molecule has 2 aromatic rings. The van der Waals surface area contributed by atoms with Gasteiger partial charge in [-0.25, -0.2) is 19.2 Å². The van der Waals surface area contributed by atoms with E-state index in [4.69, 9.17) is 20.1 Å². The molecular weight excluding hydrogens is 464 g/mol. The summed E-state index contributed by atoms with van der Waals surface area (Å²) in [5.74, 6) is -4.12. The van der Waals surface area contributed by atoms with Gasteiger partial charge in [0.25, 0.3) is 0 Å². The number of benzene rings is 2. The summed E-state index contributed by atoms with van der Waals surface area (Å²) >= 11 is 0. The zero-order valence-corrected chi connectivity index (χ0v) is 20.8. The highest BCUT2D eigenvalue weighted by atomic mass is 16.5. The molecule has 8 heteroatoms. The van der Waals surface area contributed by atoms with Gasteiger partial charge in [-0.15, -0.1) is 0 Å². The number of hydrogen-bond acceptors (Lipinski definition) is 5. The van der Waals surface area contributed by atoms with Crippen molar-refractivity contribution in [1.82, 2.24) is 0 Å². The van der Waals surface area contributed by atoms with Crippen molar-refractivity contribution in [3.8, 4) is 0 Å². The van der Waals surface area contributed by atoms with Gasteiger partial charge in [0.1, 0.15) is 0 Å². The highest BCUT2D eigenvalue weighted by molar-refractivity contribution is 6.02. The number of carbonyl (C=O) groups is 4. The Labute approximate surface area is 211 Å². The van der Waals surface area contributed by atoms with Crippen molar-refractivity contribution in [2.45, 2.75) is 71.1 Å². The summed E-state index contributed by atoms with van der Waals surface area (Å²) in [5.41, 5.74) is -0.266. The molecule has 0 aromatic heterocycles. The van der Waals surface area contributed by atoms with Gasteiger partial charge in [0.05, 0.1) is 28.9 Å². The number of carbonyl (C=O) groups excluding carboxylic acids is 1. The molecule has 8 nitrogen and oxygen atoms in total. The minimum Gasteiger partial charge on any atom is -0.478 e. The van der Waals surface area contributed by atoms with Crippen LogP contribution in [0.25, 0.3) is 0 Å². The van der Waals surface area contributed by atoms with E-state index in [2.05, 4.69) is 6.92 Å². The SMILES string of the molecule is CCCCCCCCCCCCOC(=O)c1ccccc1C(=O)O.O=C(O)c1ccccc1C(=O)O. The van der Waals surface area contributed by atoms with E-state index >= 15 is 0 Å².